The van der Waals surface area contributed by atoms with Gasteiger partial charge < -0.3 is 14.6 Å². The second-order valence-electron chi connectivity index (χ2n) is 5.44. The van der Waals surface area contributed by atoms with Gasteiger partial charge in [-0.25, -0.2) is 0 Å². The Morgan fingerprint density at radius 1 is 1.29 bits per heavy atom. The van der Waals surface area contributed by atoms with Crippen molar-refractivity contribution in [3.63, 3.8) is 0 Å². The van der Waals surface area contributed by atoms with Crippen LogP contribution in [-0.2, 0) is 4.79 Å². The van der Waals surface area contributed by atoms with E-state index < -0.39 is 5.97 Å². The van der Waals surface area contributed by atoms with E-state index in [-0.39, 0.29) is 18.0 Å². The van der Waals surface area contributed by atoms with Crippen LogP contribution in [0, 0.1) is 0 Å². The molecule has 2 rings (SSSR count). The zero-order chi connectivity index (χ0) is 15.6. The first-order valence-electron chi connectivity index (χ1n) is 6.98. The molecule has 0 amide bonds. The van der Waals surface area contributed by atoms with Gasteiger partial charge in [0, 0.05) is 36.8 Å². The van der Waals surface area contributed by atoms with Crippen LogP contribution in [0.3, 0.4) is 0 Å². The molecule has 0 unspecified atom stereocenters. The maximum Gasteiger partial charge on any atom is 0.305 e. The number of aliphatic carboxylic acids is 1. The molecule has 0 bridgehead atoms. The van der Waals surface area contributed by atoms with Gasteiger partial charge >= 0.3 is 5.97 Å². The number of hydrogen-bond acceptors (Lipinski definition) is 3. The van der Waals surface area contributed by atoms with Crippen LogP contribution < -0.4 is 10.5 Å². The third-order valence-corrected chi connectivity index (χ3v) is 3.53. The SMILES string of the molecule is CC(C)n1c(=O)ccc2cc(N(C)CCC(=O)O)ccc21. The maximum atomic E-state index is 12.0. The maximum absolute atomic E-state index is 12.0. The second kappa shape index (κ2) is 5.99. The summed E-state index contributed by atoms with van der Waals surface area (Å²) in [7, 11) is 1.86. The molecule has 0 aliphatic carbocycles. The molecule has 0 saturated carbocycles. The van der Waals surface area contributed by atoms with E-state index >= 15 is 0 Å². The van der Waals surface area contributed by atoms with Crippen LogP contribution in [-0.4, -0.2) is 29.2 Å². The van der Waals surface area contributed by atoms with E-state index in [9.17, 15) is 9.59 Å². The van der Waals surface area contributed by atoms with Crippen molar-refractivity contribution in [2.24, 2.45) is 0 Å². The van der Waals surface area contributed by atoms with Crippen molar-refractivity contribution in [3.8, 4) is 0 Å². The first-order chi connectivity index (χ1) is 9.90. The van der Waals surface area contributed by atoms with Gasteiger partial charge in [-0.15, -0.1) is 0 Å². The van der Waals surface area contributed by atoms with E-state index in [1.807, 2.05) is 50.1 Å². The molecular formula is C16H20N2O3. The van der Waals surface area contributed by atoms with Crippen molar-refractivity contribution in [2.45, 2.75) is 26.3 Å². The largest absolute Gasteiger partial charge is 0.481 e. The number of fused-ring (bicyclic) bond motifs is 1. The molecule has 1 N–H and O–H groups in total. The standard InChI is InChI=1S/C16H20N2O3/c1-11(2)18-14-6-5-13(17(3)9-8-16(20)21)10-12(14)4-7-15(18)19/h4-7,10-11H,8-9H2,1-3H3,(H,20,21). The van der Waals surface area contributed by atoms with Gasteiger partial charge in [0.05, 0.1) is 11.9 Å². The molecule has 0 atom stereocenters. The Balaban J connectivity index is 2.41. The summed E-state index contributed by atoms with van der Waals surface area (Å²) in [4.78, 5) is 24.5. The van der Waals surface area contributed by atoms with Gasteiger partial charge in [-0.1, -0.05) is 0 Å². The van der Waals surface area contributed by atoms with Gasteiger partial charge in [0.15, 0.2) is 0 Å². The lowest BCUT2D eigenvalue weighted by molar-refractivity contribution is -0.136. The summed E-state index contributed by atoms with van der Waals surface area (Å²) in [5, 5.41) is 9.72. The second-order valence-corrected chi connectivity index (χ2v) is 5.44. The summed E-state index contributed by atoms with van der Waals surface area (Å²) in [6.45, 7) is 4.41. The first kappa shape index (κ1) is 15.1. The molecule has 1 aromatic carbocycles. The number of nitrogens with zero attached hydrogens (tertiary/aromatic N) is 2. The van der Waals surface area contributed by atoms with E-state index in [2.05, 4.69) is 0 Å². The molecule has 0 aliphatic heterocycles. The highest BCUT2D eigenvalue weighted by Crippen LogP contribution is 2.22. The fraction of sp³-hybridized carbons (Fsp3) is 0.375. The summed E-state index contributed by atoms with van der Waals surface area (Å²) in [6, 6.07) is 9.30. The molecule has 0 spiro atoms. The molecule has 0 radical (unpaired) electrons. The van der Waals surface area contributed by atoms with Crippen molar-refractivity contribution in [3.05, 3.63) is 40.7 Å². The number of rotatable bonds is 5. The summed E-state index contributed by atoms with van der Waals surface area (Å²) >= 11 is 0. The van der Waals surface area contributed by atoms with Gasteiger partial charge in [0.1, 0.15) is 0 Å². The smallest absolute Gasteiger partial charge is 0.305 e. The van der Waals surface area contributed by atoms with Crippen LogP contribution >= 0.6 is 0 Å². The minimum absolute atomic E-state index is 0.00974. The predicted octanol–water partition coefficient (Wildman–Crippen LogP) is 2.49. The molecule has 0 fully saturated rings. The lowest BCUT2D eigenvalue weighted by atomic mass is 10.1. The van der Waals surface area contributed by atoms with Crippen LogP contribution in [0.15, 0.2) is 35.1 Å². The van der Waals surface area contributed by atoms with Gasteiger partial charge in [0.25, 0.3) is 5.56 Å². The van der Waals surface area contributed by atoms with Crippen molar-refractivity contribution < 1.29 is 9.90 Å². The number of carbonyl (C=O) groups is 1. The minimum Gasteiger partial charge on any atom is -0.481 e. The Labute approximate surface area is 123 Å². The molecule has 5 heteroatoms. The van der Waals surface area contributed by atoms with Crippen LogP contribution in [0.25, 0.3) is 10.9 Å². The van der Waals surface area contributed by atoms with E-state index in [1.165, 1.54) is 0 Å². The summed E-state index contributed by atoms with van der Waals surface area (Å²) < 4.78 is 1.76. The van der Waals surface area contributed by atoms with E-state index in [1.54, 1.807) is 10.6 Å². The molecule has 0 saturated heterocycles. The molecule has 5 nitrogen and oxygen atoms in total. The highest BCUT2D eigenvalue weighted by Gasteiger charge is 2.09. The number of pyridine rings is 1. The lowest BCUT2D eigenvalue weighted by Crippen LogP contribution is -2.22. The fourth-order valence-electron chi connectivity index (χ4n) is 2.42. The average molecular weight is 288 g/mol. The van der Waals surface area contributed by atoms with Crippen molar-refractivity contribution in [2.75, 3.05) is 18.5 Å². The molecule has 2 aromatic rings. The Bertz CT molecular complexity index is 719. The Morgan fingerprint density at radius 2 is 2.00 bits per heavy atom. The summed E-state index contributed by atoms with van der Waals surface area (Å²) in [5.74, 6) is -0.809. The van der Waals surface area contributed by atoms with Crippen LogP contribution in [0.5, 0.6) is 0 Å². The van der Waals surface area contributed by atoms with Crippen LogP contribution in [0.4, 0.5) is 5.69 Å². The number of anilines is 1. The van der Waals surface area contributed by atoms with E-state index in [0.717, 1.165) is 16.6 Å². The minimum atomic E-state index is -0.809. The Hall–Kier alpha value is -2.30. The van der Waals surface area contributed by atoms with Gasteiger partial charge in [-0.05, 0) is 38.1 Å². The highest BCUT2D eigenvalue weighted by atomic mass is 16.4. The van der Waals surface area contributed by atoms with Gasteiger partial charge in [0.2, 0.25) is 0 Å². The summed E-state index contributed by atoms with van der Waals surface area (Å²) in [6.07, 6.45) is 0.0973. The van der Waals surface area contributed by atoms with Gasteiger partial charge in [-0.3, -0.25) is 9.59 Å². The first-order valence-corrected chi connectivity index (χ1v) is 6.98. The average Bonchev–Trinajstić information content (AvgIpc) is 2.43. The lowest BCUT2D eigenvalue weighted by Gasteiger charge is -2.20. The third-order valence-electron chi connectivity index (χ3n) is 3.53. The number of carboxylic acids is 1. The quantitative estimate of drug-likeness (QED) is 0.918. The topological polar surface area (TPSA) is 62.5 Å². The normalized spacial score (nSPS) is 11.0. The van der Waals surface area contributed by atoms with Crippen LogP contribution in [0.1, 0.15) is 26.3 Å². The predicted molar refractivity (Wildman–Crippen MR) is 84.1 cm³/mol. The number of hydrogen-bond donors (Lipinski definition) is 1. The molecule has 1 aromatic heterocycles. The third kappa shape index (κ3) is 3.24. The van der Waals surface area contributed by atoms with Crippen molar-refractivity contribution in [1.82, 2.24) is 4.57 Å². The number of carboxylic acid groups (broad SMARTS) is 1. The van der Waals surface area contributed by atoms with Crippen molar-refractivity contribution in [1.29, 1.82) is 0 Å². The molecular weight excluding hydrogens is 268 g/mol. The summed E-state index contributed by atoms with van der Waals surface area (Å²) in [5.41, 5.74) is 1.83. The zero-order valence-corrected chi connectivity index (χ0v) is 12.5. The Morgan fingerprint density at radius 3 is 2.62 bits per heavy atom. The highest BCUT2D eigenvalue weighted by molar-refractivity contribution is 5.83. The van der Waals surface area contributed by atoms with Gasteiger partial charge in [-0.2, -0.15) is 0 Å². The molecule has 0 aliphatic rings. The molecule has 112 valence electrons. The van der Waals surface area contributed by atoms with Crippen molar-refractivity contribution >= 4 is 22.6 Å². The molecule has 1 heterocycles. The monoisotopic (exact) mass is 288 g/mol. The zero-order valence-electron chi connectivity index (χ0n) is 12.5. The van der Waals surface area contributed by atoms with E-state index in [4.69, 9.17) is 5.11 Å². The van der Waals surface area contributed by atoms with E-state index in [0.29, 0.717) is 6.54 Å². The fourth-order valence-corrected chi connectivity index (χ4v) is 2.42. The Kier molecular flexibility index (Phi) is 4.31. The number of benzene rings is 1. The number of aromatic nitrogens is 1. The molecule has 21 heavy (non-hydrogen) atoms. The van der Waals surface area contributed by atoms with Crippen LogP contribution in [0.2, 0.25) is 0 Å².